The molecule has 3 fully saturated rings. The van der Waals surface area contributed by atoms with E-state index in [-0.39, 0.29) is 5.91 Å². The fourth-order valence-electron chi connectivity index (χ4n) is 4.16. The monoisotopic (exact) mass is 265 g/mol. The number of rotatable bonds is 3. The third-order valence-corrected chi connectivity index (χ3v) is 5.24. The highest BCUT2D eigenvalue weighted by molar-refractivity contribution is 5.78. The number of hydrogen-bond donors (Lipinski definition) is 2. The van der Waals surface area contributed by atoms with Gasteiger partial charge in [0.1, 0.15) is 0 Å². The van der Waals surface area contributed by atoms with Crippen LogP contribution in [0.15, 0.2) is 0 Å². The first kappa shape index (κ1) is 13.4. The second-order valence-electron chi connectivity index (χ2n) is 6.90. The van der Waals surface area contributed by atoms with Crippen molar-refractivity contribution in [3.63, 3.8) is 0 Å². The molecular formula is C15H27N3O. The minimum absolute atomic E-state index is 0.210. The largest absolute Gasteiger partial charge is 0.354 e. The second-order valence-corrected chi connectivity index (χ2v) is 6.90. The molecule has 2 bridgehead atoms. The van der Waals surface area contributed by atoms with Crippen LogP contribution >= 0.6 is 0 Å². The van der Waals surface area contributed by atoms with Crippen molar-refractivity contribution < 1.29 is 4.79 Å². The average molecular weight is 265 g/mol. The van der Waals surface area contributed by atoms with Crippen LogP contribution in [0.25, 0.3) is 0 Å². The Labute approximate surface area is 116 Å². The van der Waals surface area contributed by atoms with Crippen molar-refractivity contribution in [3.05, 3.63) is 0 Å². The zero-order valence-corrected chi connectivity index (χ0v) is 12.2. The van der Waals surface area contributed by atoms with Gasteiger partial charge in [0.15, 0.2) is 0 Å². The number of nitrogens with one attached hydrogen (secondary N) is 2. The van der Waals surface area contributed by atoms with Gasteiger partial charge in [-0.1, -0.05) is 6.42 Å². The van der Waals surface area contributed by atoms with Gasteiger partial charge in [-0.2, -0.15) is 0 Å². The highest BCUT2D eigenvalue weighted by Gasteiger charge is 2.41. The topological polar surface area (TPSA) is 44.4 Å². The van der Waals surface area contributed by atoms with Gasteiger partial charge in [-0.3, -0.25) is 4.79 Å². The van der Waals surface area contributed by atoms with Gasteiger partial charge < -0.3 is 15.5 Å². The minimum atomic E-state index is 0.210. The Hall–Kier alpha value is -0.610. The molecule has 2 aliphatic heterocycles. The molecule has 0 radical (unpaired) electrons. The lowest BCUT2D eigenvalue weighted by Gasteiger charge is -2.49. The van der Waals surface area contributed by atoms with Crippen LogP contribution in [0.3, 0.4) is 0 Å². The van der Waals surface area contributed by atoms with Crippen molar-refractivity contribution in [1.82, 2.24) is 15.5 Å². The highest BCUT2D eigenvalue weighted by Crippen LogP contribution is 2.36. The van der Waals surface area contributed by atoms with Gasteiger partial charge in [0.2, 0.25) is 5.91 Å². The molecule has 3 atom stereocenters. The number of amides is 1. The number of carbonyl (C=O) groups excluding carboxylic acids is 1. The van der Waals surface area contributed by atoms with Crippen molar-refractivity contribution in [2.75, 3.05) is 19.6 Å². The lowest BCUT2D eigenvalue weighted by Crippen LogP contribution is -2.60. The Kier molecular flexibility index (Phi) is 3.81. The van der Waals surface area contributed by atoms with Crippen LogP contribution in [0.2, 0.25) is 0 Å². The summed E-state index contributed by atoms with van der Waals surface area (Å²) in [4.78, 5) is 14.0. The fraction of sp³-hybridized carbons (Fsp3) is 0.933. The zero-order valence-electron chi connectivity index (χ0n) is 12.2. The predicted octanol–water partition coefficient (Wildman–Crippen LogP) is 0.973. The van der Waals surface area contributed by atoms with Crippen molar-refractivity contribution >= 4 is 5.91 Å². The predicted molar refractivity (Wildman–Crippen MR) is 75.9 cm³/mol. The summed E-state index contributed by atoms with van der Waals surface area (Å²) in [5.41, 5.74) is 0. The van der Waals surface area contributed by atoms with Gasteiger partial charge in [-0.05, 0) is 38.5 Å². The number of carbonyl (C=O) groups is 1. The van der Waals surface area contributed by atoms with Gasteiger partial charge in [-0.15, -0.1) is 0 Å². The Bertz CT molecular complexity index is 330. The van der Waals surface area contributed by atoms with E-state index < -0.39 is 0 Å². The molecule has 4 heteroatoms. The van der Waals surface area contributed by atoms with Gasteiger partial charge in [-0.25, -0.2) is 0 Å². The zero-order chi connectivity index (χ0) is 13.4. The number of nitrogens with zero attached hydrogens (tertiary/aromatic N) is 1. The molecule has 0 spiro atoms. The van der Waals surface area contributed by atoms with E-state index in [1.54, 1.807) is 0 Å². The molecular weight excluding hydrogens is 238 g/mol. The summed E-state index contributed by atoms with van der Waals surface area (Å²) < 4.78 is 0. The van der Waals surface area contributed by atoms with Gasteiger partial charge in [0.05, 0.1) is 0 Å². The Morgan fingerprint density at radius 1 is 1.26 bits per heavy atom. The summed E-state index contributed by atoms with van der Waals surface area (Å²) in [6.07, 6.45) is 4.77. The van der Waals surface area contributed by atoms with E-state index in [0.29, 0.717) is 24.5 Å². The molecule has 108 valence electrons. The maximum absolute atomic E-state index is 11.3. The Morgan fingerprint density at radius 3 is 2.47 bits per heavy atom. The summed E-state index contributed by atoms with van der Waals surface area (Å²) in [5.74, 6) is 1.78. The van der Waals surface area contributed by atoms with E-state index in [4.69, 9.17) is 0 Å². The standard InChI is InChI=1S/C15H27N3O/c1-10(2)18-8-11-4-3-5-12(9-18)15(11)17-13-6-14(19)16-7-13/h10-13,15,17H,3-9H2,1-2H3,(H,16,19). The summed E-state index contributed by atoms with van der Waals surface area (Å²) in [6, 6.07) is 1.67. The molecule has 3 rings (SSSR count). The van der Waals surface area contributed by atoms with Gasteiger partial charge in [0.25, 0.3) is 0 Å². The molecule has 0 aromatic heterocycles. The summed E-state index contributed by atoms with van der Waals surface area (Å²) in [6.45, 7) is 7.91. The number of hydrogen-bond acceptors (Lipinski definition) is 3. The molecule has 2 saturated heterocycles. The molecule has 2 N–H and O–H groups in total. The molecule has 0 aromatic rings. The van der Waals surface area contributed by atoms with Crippen LogP contribution in [-0.2, 0) is 4.79 Å². The summed E-state index contributed by atoms with van der Waals surface area (Å²) in [5, 5.41) is 6.74. The Morgan fingerprint density at radius 2 is 1.95 bits per heavy atom. The lowest BCUT2D eigenvalue weighted by molar-refractivity contribution is -0.119. The summed E-state index contributed by atoms with van der Waals surface area (Å²) >= 11 is 0. The van der Waals surface area contributed by atoms with Crippen molar-refractivity contribution in [3.8, 4) is 0 Å². The number of fused-ring (bicyclic) bond motifs is 2. The second kappa shape index (κ2) is 5.41. The molecule has 1 aliphatic carbocycles. The van der Waals surface area contributed by atoms with Crippen molar-refractivity contribution in [2.45, 2.75) is 57.7 Å². The Balaban J connectivity index is 1.63. The van der Waals surface area contributed by atoms with Crippen LogP contribution in [-0.4, -0.2) is 48.6 Å². The van der Waals surface area contributed by atoms with Crippen LogP contribution < -0.4 is 10.6 Å². The van der Waals surface area contributed by atoms with Gasteiger partial charge >= 0.3 is 0 Å². The van der Waals surface area contributed by atoms with Crippen LogP contribution in [0.5, 0.6) is 0 Å². The normalized spacial score (nSPS) is 39.6. The number of likely N-dealkylation sites (tertiary alicyclic amines) is 1. The third kappa shape index (κ3) is 2.79. The molecule has 1 saturated carbocycles. The quantitative estimate of drug-likeness (QED) is 0.799. The SMILES string of the molecule is CC(C)N1CC2CCCC(C1)C2NC1CNC(=O)C1. The van der Waals surface area contributed by atoms with Crippen LogP contribution in [0.4, 0.5) is 0 Å². The van der Waals surface area contributed by atoms with E-state index in [9.17, 15) is 4.79 Å². The molecule has 3 unspecified atom stereocenters. The van der Waals surface area contributed by atoms with Crippen molar-refractivity contribution in [1.29, 1.82) is 0 Å². The minimum Gasteiger partial charge on any atom is -0.354 e. The smallest absolute Gasteiger partial charge is 0.221 e. The third-order valence-electron chi connectivity index (χ3n) is 5.24. The summed E-state index contributed by atoms with van der Waals surface area (Å²) in [7, 11) is 0. The first-order valence-electron chi connectivity index (χ1n) is 7.90. The molecule has 19 heavy (non-hydrogen) atoms. The molecule has 2 heterocycles. The van der Waals surface area contributed by atoms with Crippen molar-refractivity contribution in [2.24, 2.45) is 11.8 Å². The highest BCUT2D eigenvalue weighted by atomic mass is 16.1. The van der Waals surface area contributed by atoms with E-state index in [0.717, 1.165) is 18.4 Å². The maximum atomic E-state index is 11.3. The molecule has 1 amide bonds. The van der Waals surface area contributed by atoms with Crippen LogP contribution in [0, 0.1) is 11.8 Å². The van der Waals surface area contributed by atoms with Crippen LogP contribution in [0.1, 0.15) is 39.5 Å². The fourth-order valence-corrected chi connectivity index (χ4v) is 4.16. The molecule has 3 aliphatic rings. The van der Waals surface area contributed by atoms with E-state index in [2.05, 4.69) is 29.4 Å². The van der Waals surface area contributed by atoms with E-state index in [1.807, 2.05) is 0 Å². The van der Waals surface area contributed by atoms with Gasteiger partial charge in [0, 0.05) is 44.2 Å². The maximum Gasteiger partial charge on any atom is 0.221 e. The number of piperidine rings is 1. The molecule has 0 aromatic carbocycles. The first-order chi connectivity index (χ1) is 9.13. The average Bonchev–Trinajstić information content (AvgIpc) is 2.74. The first-order valence-corrected chi connectivity index (χ1v) is 7.90. The van der Waals surface area contributed by atoms with E-state index in [1.165, 1.54) is 32.4 Å². The lowest BCUT2D eigenvalue weighted by atomic mass is 9.73. The molecule has 4 nitrogen and oxygen atoms in total. The van der Waals surface area contributed by atoms with E-state index >= 15 is 0 Å².